The molecule has 1 N–H and O–H groups in total. The summed E-state index contributed by atoms with van der Waals surface area (Å²) >= 11 is 4.05. The van der Waals surface area contributed by atoms with Crippen molar-refractivity contribution >= 4 is 24.4 Å². The van der Waals surface area contributed by atoms with Gasteiger partial charge < -0.3 is 14.6 Å². The molecule has 0 radical (unpaired) electrons. The van der Waals surface area contributed by atoms with Crippen LogP contribution in [0.15, 0.2) is 22.8 Å². The first kappa shape index (κ1) is 13.6. The second-order valence-electron chi connectivity index (χ2n) is 3.71. The lowest BCUT2D eigenvalue weighted by atomic mass is 10.2. The molecule has 0 saturated carbocycles. The van der Waals surface area contributed by atoms with Gasteiger partial charge in [-0.05, 0) is 12.1 Å². The van der Waals surface area contributed by atoms with Gasteiger partial charge in [0.2, 0.25) is 11.8 Å². The number of nitrogens with one attached hydrogen (secondary N) is 1. The van der Waals surface area contributed by atoms with E-state index in [9.17, 15) is 9.59 Å². The Kier molecular flexibility index (Phi) is 5.09. The maximum absolute atomic E-state index is 12.0. The molecular weight excluding hydrogens is 240 g/mol. The molecule has 1 aromatic heterocycles. The smallest absolute Gasteiger partial charge is 0.246 e. The van der Waals surface area contributed by atoms with E-state index >= 15 is 0 Å². The zero-order chi connectivity index (χ0) is 12.8. The molecule has 0 aliphatic rings. The number of thiol groups is 1. The third-order valence-electron chi connectivity index (χ3n) is 2.21. The van der Waals surface area contributed by atoms with E-state index in [1.807, 2.05) is 0 Å². The number of amides is 2. The fraction of sp³-hybridized carbons (Fsp3) is 0.455. The van der Waals surface area contributed by atoms with Gasteiger partial charge in [0.05, 0.1) is 12.8 Å². The van der Waals surface area contributed by atoms with Gasteiger partial charge in [0.1, 0.15) is 11.8 Å². The molecule has 2 amide bonds. The van der Waals surface area contributed by atoms with Gasteiger partial charge in [-0.15, -0.1) is 0 Å². The second-order valence-corrected chi connectivity index (χ2v) is 4.07. The van der Waals surface area contributed by atoms with Crippen LogP contribution in [0.3, 0.4) is 0 Å². The molecular formula is C11H16N2O3S. The lowest BCUT2D eigenvalue weighted by molar-refractivity contribution is -0.134. The molecule has 1 rings (SSSR count). The number of nitrogens with zero attached hydrogens (tertiary/aromatic N) is 1. The maximum Gasteiger partial charge on any atom is 0.246 e. The lowest BCUT2D eigenvalue weighted by Crippen LogP contribution is -2.47. The summed E-state index contributed by atoms with van der Waals surface area (Å²) in [7, 11) is 1.66. The van der Waals surface area contributed by atoms with Gasteiger partial charge in [-0.1, -0.05) is 0 Å². The number of likely N-dealkylation sites (N-methyl/N-ethyl adjacent to an activating group) is 1. The highest BCUT2D eigenvalue weighted by Crippen LogP contribution is 2.05. The van der Waals surface area contributed by atoms with Gasteiger partial charge in [-0.3, -0.25) is 9.59 Å². The fourth-order valence-corrected chi connectivity index (χ4v) is 1.66. The van der Waals surface area contributed by atoms with Crippen LogP contribution in [-0.2, 0) is 16.1 Å². The van der Waals surface area contributed by atoms with Crippen molar-refractivity contribution in [2.75, 3.05) is 12.8 Å². The molecule has 0 spiro atoms. The maximum atomic E-state index is 12.0. The number of hydrogen-bond acceptors (Lipinski definition) is 4. The fourth-order valence-electron chi connectivity index (χ4n) is 1.41. The van der Waals surface area contributed by atoms with Gasteiger partial charge >= 0.3 is 0 Å². The predicted octanol–water partition coefficient (Wildman–Crippen LogP) is 0.672. The largest absolute Gasteiger partial charge is 0.467 e. The van der Waals surface area contributed by atoms with E-state index in [0.717, 1.165) is 0 Å². The van der Waals surface area contributed by atoms with Crippen LogP contribution in [0.1, 0.15) is 12.7 Å². The lowest BCUT2D eigenvalue weighted by Gasteiger charge is -2.22. The molecule has 0 saturated heterocycles. The second kappa shape index (κ2) is 6.34. The van der Waals surface area contributed by atoms with Crippen molar-refractivity contribution in [2.24, 2.45) is 0 Å². The Balaban J connectivity index is 2.57. The number of carbonyl (C=O) groups is 2. The number of rotatable bonds is 5. The summed E-state index contributed by atoms with van der Waals surface area (Å²) in [5, 5.41) is 2.55. The van der Waals surface area contributed by atoms with E-state index < -0.39 is 6.04 Å². The van der Waals surface area contributed by atoms with Crippen molar-refractivity contribution in [3.8, 4) is 0 Å². The summed E-state index contributed by atoms with van der Waals surface area (Å²) in [6.45, 7) is 1.74. The van der Waals surface area contributed by atoms with Crippen LogP contribution in [0.4, 0.5) is 0 Å². The molecule has 0 aliphatic carbocycles. The number of hydrogen-bond donors (Lipinski definition) is 2. The Labute approximate surface area is 106 Å². The van der Waals surface area contributed by atoms with Crippen molar-refractivity contribution in [3.05, 3.63) is 24.2 Å². The van der Waals surface area contributed by atoms with E-state index in [2.05, 4.69) is 17.9 Å². The molecule has 1 atom stereocenters. The molecule has 0 fully saturated rings. The minimum absolute atomic E-state index is 0.188. The molecule has 17 heavy (non-hydrogen) atoms. The molecule has 5 nitrogen and oxygen atoms in total. The van der Waals surface area contributed by atoms with Gasteiger partial charge in [-0.25, -0.2) is 0 Å². The number of furan rings is 1. The molecule has 1 unspecified atom stereocenters. The molecule has 0 aliphatic heterocycles. The first-order valence-corrected chi connectivity index (χ1v) is 5.83. The minimum Gasteiger partial charge on any atom is -0.467 e. The SMILES string of the molecule is CC(=O)NC(CS)C(=O)N(C)Cc1ccco1. The Morgan fingerprint density at radius 3 is 2.76 bits per heavy atom. The topological polar surface area (TPSA) is 62.6 Å². The molecule has 6 heteroatoms. The number of carbonyl (C=O) groups excluding carboxylic acids is 2. The Morgan fingerprint density at radius 1 is 1.59 bits per heavy atom. The van der Waals surface area contributed by atoms with Crippen LogP contribution in [0.2, 0.25) is 0 Å². The molecule has 0 bridgehead atoms. The average Bonchev–Trinajstić information content (AvgIpc) is 2.77. The normalized spacial score (nSPS) is 11.9. The van der Waals surface area contributed by atoms with Crippen molar-refractivity contribution in [1.29, 1.82) is 0 Å². The van der Waals surface area contributed by atoms with Gasteiger partial charge in [0.25, 0.3) is 0 Å². The summed E-state index contributed by atoms with van der Waals surface area (Å²) in [5.41, 5.74) is 0. The highest BCUT2D eigenvalue weighted by molar-refractivity contribution is 7.80. The van der Waals surface area contributed by atoms with Crippen molar-refractivity contribution in [2.45, 2.75) is 19.5 Å². The molecule has 1 heterocycles. The van der Waals surface area contributed by atoms with E-state index in [-0.39, 0.29) is 17.6 Å². The van der Waals surface area contributed by atoms with Crippen LogP contribution in [0.5, 0.6) is 0 Å². The summed E-state index contributed by atoms with van der Waals surface area (Å²) in [5.74, 6) is 0.526. The molecule has 94 valence electrons. The first-order valence-electron chi connectivity index (χ1n) is 5.20. The highest BCUT2D eigenvalue weighted by Gasteiger charge is 2.21. The summed E-state index contributed by atoms with van der Waals surface area (Å²) in [4.78, 5) is 24.4. The highest BCUT2D eigenvalue weighted by atomic mass is 32.1. The van der Waals surface area contributed by atoms with Crippen LogP contribution in [0, 0.1) is 0 Å². The van der Waals surface area contributed by atoms with Crippen molar-refractivity contribution in [3.63, 3.8) is 0 Å². The van der Waals surface area contributed by atoms with E-state index in [1.54, 1.807) is 25.4 Å². The Bertz CT molecular complexity index is 378. The van der Waals surface area contributed by atoms with Crippen LogP contribution >= 0.6 is 12.6 Å². The van der Waals surface area contributed by atoms with Crippen molar-refractivity contribution < 1.29 is 14.0 Å². The molecule has 0 aromatic carbocycles. The Hall–Kier alpha value is -1.43. The zero-order valence-electron chi connectivity index (χ0n) is 9.84. The summed E-state index contributed by atoms with van der Waals surface area (Å²) < 4.78 is 5.15. The predicted molar refractivity (Wildman–Crippen MR) is 66.6 cm³/mol. The third-order valence-corrected chi connectivity index (χ3v) is 2.57. The van der Waals surface area contributed by atoms with Gasteiger partial charge in [-0.2, -0.15) is 12.6 Å². The van der Waals surface area contributed by atoms with E-state index in [1.165, 1.54) is 11.8 Å². The summed E-state index contributed by atoms with van der Waals surface area (Å²) in [6.07, 6.45) is 1.55. The third kappa shape index (κ3) is 4.14. The minimum atomic E-state index is -0.601. The van der Waals surface area contributed by atoms with Crippen molar-refractivity contribution in [1.82, 2.24) is 10.2 Å². The molecule has 1 aromatic rings. The Morgan fingerprint density at radius 2 is 2.29 bits per heavy atom. The first-order chi connectivity index (χ1) is 8.04. The zero-order valence-corrected chi connectivity index (χ0v) is 10.7. The standard InChI is InChI=1S/C11H16N2O3S/c1-8(14)12-10(7-17)11(15)13(2)6-9-4-3-5-16-9/h3-5,10,17H,6-7H2,1-2H3,(H,12,14). The average molecular weight is 256 g/mol. The summed E-state index contributed by atoms with van der Waals surface area (Å²) in [6, 6.07) is 2.95. The van der Waals surface area contributed by atoms with Gasteiger partial charge in [0, 0.05) is 19.7 Å². The van der Waals surface area contributed by atoms with E-state index in [4.69, 9.17) is 4.42 Å². The quantitative estimate of drug-likeness (QED) is 0.761. The van der Waals surface area contributed by atoms with E-state index in [0.29, 0.717) is 12.3 Å². The van der Waals surface area contributed by atoms with Crippen LogP contribution in [0.25, 0.3) is 0 Å². The van der Waals surface area contributed by atoms with Crippen LogP contribution < -0.4 is 5.32 Å². The van der Waals surface area contributed by atoms with Gasteiger partial charge in [0.15, 0.2) is 0 Å². The monoisotopic (exact) mass is 256 g/mol. The van der Waals surface area contributed by atoms with Crippen LogP contribution in [-0.4, -0.2) is 35.6 Å².